The van der Waals surface area contributed by atoms with Gasteiger partial charge in [0.2, 0.25) is 5.91 Å². The molecule has 1 aliphatic rings. The van der Waals surface area contributed by atoms with Gasteiger partial charge < -0.3 is 9.64 Å². The molecule has 0 aliphatic carbocycles. The van der Waals surface area contributed by atoms with Gasteiger partial charge in [0.1, 0.15) is 0 Å². The fourth-order valence-electron chi connectivity index (χ4n) is 2.20. The minimum Gasteiger partial charge on any atom is -0.372 e. The number of benzene rings is 1. The number of ether oxygens (including phenoxy) is 1. The van der Waals surface area contributed by atoms with E-state index >= 15 is 0 Å². The standard InChI is InChI=1S/C14H17Cl2NO2S/c1-9-6-17(7-10(2)19-9)14(18)8-20-13-5-11(15)3-4-12(13)16/h3-5,9-10H,6-8H2,1-2H3. The number of nitrogens with zero attached hydrogens (tertiary/aromatic N) is 1. The molecule has 1 heterocycles. The monoisotopic (exact) mass is 333 g/mol. The van der Waals surface area contributed by atoms with E-state index in [2.05, 4.69) is 0 Å². The second-order valence-corrected chi connectivity index (χ2v) is 6.78. The predicted molar refractivity (Wildman–Crippen MR) is 83.8 cm³/mol. The van der Waals surface area contributed by atoms with Gasteiger partial charge in [-0.25, -0.2) is 0 Å². The Balaban J connectivity index is 1.93. The molecular weight excluding hydrogens is 317 g/mol. The zero-order chi connectivity index (χ0) is 14.7. The van der Waals surface area contributed by atoms with Crippen LogP contribution in [-0.4, -0.2) is 41.9 Å². The minimum atomic E-state index is 0.0856. The van der Waals surface area contributed by atoms with Gasteiger partial charge in [-0.2, -0.15) is 0 Å². The van der Waals surface area contributed by atoms with Crippen LogP contribution in [0.2, 0.25) is 10.0 Å². The van der Waals surface area contributed by atoms with E-state index in [0.717, 1.165) is 4.90 Å². The van der Waals surface area contributed by atoms with E-state index < -0.39 is 0 Å². The third kappa shape index (κ3) is 4.29. The summed E-state index contributed by atoms with van der Waals surface area (Å²) in [5.74, 6) is 0.465. The lowest BCUT2D eigenvalue weighted by atomic mass is 10.2. The van der Waals surface area contributed by atoms with E-state index in [9.17, 15) is 4.79 Å². The minimum absolute atomic E-state index is 0.0856. The van der Waals surface area contributed by atoms with Crippen molar-refractivity contribution in [2.45, 2.75) is 31.0 Å². The lowest BCUT2D eigenvalue weighted by Crippen LogP contribution is -2.48. The normalized spacial score (nSPS) is 22.9. The fourth-order valence-corrected chi connectivity index (χ4v) is 3.60. The number of carbonyl (C=O) groups is 1. The van der Waals surface area contributed by atoms with Crippen LogP contribution in [0.1, 0.15) is 13.8 Å². The summed E-state index contributed by atoms with van der Waals surface area (Å²) >= 11 is 13.4. The van der Waals surface area contributed by atoms with Crippen molar-refractivity contribution >= 4 is 40.9 Å². The number of carbonyl (C=O) groups excluding carboxylic acids is 1. The van der Waals surface area contributed by atoms with Crippen molar-refractivity contribution in [3.8, 4) is 0 Å². The maximum absolute atomic E-state index is 12.2. The fraction of sp³-hybridized carbons (Fsp3) is 0.500. The van der Waals surface area contributed by atoms with Crippen molar-refractivity contribution in [2.75, 3.05) is 18.8 Å². The number of rotatable bonds is 3. The molecule has 0 N–H and O–H groups in total. The average Bonchev–Trinajstić information content (AvgIpc) is 2.38. The second-order valence-electron chi connectivity index (χ2n) is 4.92. The summed E-state index contributed by atoms with van der Waals surface area (Å²) in [7, 11) is 0. The first-order chi connectivity index (χ1) is 9.45. The summed E-state index contributed by atoms with van der Waals surface area (Å²) in [5, 5.41) is 1.24. The number of thioether (sulfide) groups is 1. The topological polar surface area (TPSA) is 29.5 Å². The lowest BCUT2D eigenvalue weighted by Gasteiger charge is -2.35. The summed E-state index contributed by atoms with van der Waals surface area (Å²) in [5.41, 5.74) is 0. The summed E-state index contributed by atoms with van der Waals surface area (Å²) in [6.45, 7) is 5.26. The Kier molecular flexibility index (Phi) is 5.61. The summed E-state index contributed by atoms with van der Waals surface area (Å²) in [4.78, 5) is 14.9. The molecule has 0 radical (unpaired) electrons. The van der Waals surface area contributed by atoms with E-state index in [1.54, 1.807) is 18.2 Å². The van der Waals surface area contributed by atoms with Crippen LogP contribution >= 0.6 is 35.0 Å². The second kappa shape index (κ2) is 7.03. The molecule has 0 spiro atoms. The first-order valence-corrected chi connectivity index (χ1v) is 8.21. The zero-order valence-corrected chi connectivity index (χ0v) is 13.8. The Morgan fingerprint density at radius 3 is 2.65 bits per heavy atom. The van der Waals surface area contributed by atoms with Gasteiger partial charge in [0.25, 0.3) is 0 Å². The van der Waals surface area contributed by atoms with Gasteiger partial charge in [-0.3, -0.25) is 4.79 Å². The third-order valence-electron chi connectivity index (χ3n) is 3.02. The van der Waals surface area contributed by atoms with Gasteiger partial charge in [0, 0.05) is 23.0 Å². The van der Waals surface area contributed by atoms with Gasteiger partial charge in [-0.05, 0) is 32.0 Å². The molecule has 0 saturated carbocycles. The Bertz CT molecular complexity index is 488. The number of morpholine rings is 1. The lowest BCUT2D eigenvalue weighted by molar-refractivity contribution is -0.140. The highest BCUT2D eigenvalue weighted by Crippen LogP contribution is 2.30. The molecule has 2 rings (SSSR count). The molecule has 1 amide bonds. The van der Waals surface area contributed by atoms with Gasteiger partial charge >= 0.3 is 0 Å². The van der Waals surface area contributed by atoms with Crippen molar-refractivity contribution in [3.05, 3.63) is 28.2 Å². The van der Waals surface area contributed by atoms with Crippen molar-refractivity contribution in [2.24, 2.45) is 0 Å². The van der Waals surface area contributed by atoms with Crippen molar-refractivity contribution in [1.82, 2.24) is 4.90 Å². The summed E-state index contributed by atoms with van der Waals surface area (Å²) in [6.07, 6.45) is 0.171. The van der Waals surface area contributed by atoms with Crippen LogP contribution in [0.4, 0.5) is 0 Å². The molecule has 1 aromatic rings. The molecule has 110 valence electrons. The van der Waals surface area contributed by atoms with Gasteiger partial charge in [0.15, 0.2) is 0 Å². The summed E-state index contributed by atoms with van der Waals surface area (Å²) in [6, 6.07) is 5.27. The number of amides is 1. The highest BCUT2D eigenvalue weighted by molar-refractivity contribution is 8.00. The average molecular weight is 334 g/mol. The molecule has 0 bridgehead atoms. The van der Waals surface area contributed by atoms with E-state index in [4.69, 9.17) is 27.9 Å². The highest BCUT2D eigenvalue weighted by atomic mass is 35.5. The maximum Gasteiger partial charge on any atom is 0.233 e. The molecule has 1 fully saturated rings. The van der Waals surface area contributed by atoms with Crippen LogP contribution < -0.4 is 0 Å². The Morgan fingerprint density at radius 1 is 1.35 bits per heavy atom. The highest BCUT2D eigenvalue weighted by Gasteiger charge is 2.25. The Morgan fingerprint density at radius 2 is 2.00 bits per heavy atom. The SMILES string of the molecule is CC1CN(C(=O)CSc2cc(Cl)ccc2Cl)CC(C)O1. The number of hydrogen-bond donors (Lipinski definition) is 0. The molecule has 1 aromatic carbocycles. The van der Waals surface area contributed by atoms with Crippen LogP contribution in [0, 0.1) is 0 Å². The number of hydrogen-bond acceptors (Lipinski definition) is 3. The first kappa shape index (κ1) is 16.0. The molecule has 2 unspecified atom stereocenters. The van der Waals surface area contributed by atoms with E-state index in [-0.39, 0.29) is 18.1 Å². The Labute approximate surface area is 133 Å². The largest absolute Gasteiger partial charge is 0.372 e. The van der Waals surface area contributed by atoms with Crippen LogP contribution in [0.5, 0.6) is 0 Å². The van der Waals surface area contributed by atoms with Crippen molar-refractivity contribution in [3.63, 3.8) is 0 Å². The van der Waals surface area contributed by atoms with Crippen LogP contribution in [0.3, 0.4) is 0 Å². The van der Waals surface area contributed by atoms with E-state index in [1.165, 1.54) is 11.8 Å². The summed E-state index contributed by atoms with van der Waals surface area (Å²) < 4.78 is 5.62. The molecule has 1 aliphatic heterocycles. The Hall–Kier alpha value is -0.420. The molecule has 2 atom stereocenters. The predicted octanol–water partition coefficient (Wildman–Crippen LogP) is 3.72. The van der Waals surface area contributed by atoms with Crippen LogP contribution in [0.25, 0.3) is 0 Å². The molecule has 3 nitrogen and oxygen atoms in total. The molecular formula is C14H17Cl2NO2S. The smallest absolute Gasteiger partial charge is 0.233 e. The first-order valence-electron chi connectivity index (χ1n) is 6.47. The quantitative estimate of drug-likeness (QED) is 0.789. The molecule has 20 heavy (non-hydrogen) atoms. The van der Waals surface area contributed by atoms with Gasteiger partial charge in [-0.1, -0.05) is 23.2 Å². The van der Waals surface area contributed by atoms with Crippen LogP contribution in [0.15, 0.2) is 23.1 Å². The van der Waals surface area contributed by atoms with E-state index in [1.807, 2.05) is 18.7 Å². The van der Waals surface area contributed by atoms with Crippen molar-refractivity contribution < 1.29 is 9.53 Å². The zero-order valence-electron chi connectivity index (χ0n) is 11.4. The third-order valence-corrected chi connectivity index (χ3v) is 4.73. The number of halogens is 2. The molecule has 6 heteroatoms. The van der Waals surface area contributed by atoms with Crippen molar-refractivity contribution in [1.29, 1.82) is 0 Å². The van der Waals surface area contributed by atoms with E-state index in [0.29, 0.717) is 28.9 Å². The molecule has 1 saturated heterocycles. The van der Waals surface area contributed by atoms with Gasteiger partial charge in [0.05, 0.1) is 23.0 Å². The molecule has 0 aromatic heterocycles. The van der Waals surface area contributed by atoms with Gasteiger partial charge in [-0.15, -0.1) is 11.8 Å². The maximum atomic E-state index is 12.2. The van der Waals surface area contributed by atoms with Crippen LogP contribution in [-0.2, 0) is 9.53 Å².